The van der Waals surface area contributed by atoms with Crippen molar-refractivity contribution in [1.82, 2.24) is 4.57 Å². The average Bonchev–Trinajstić information content (AvgIpc) is 2.55. The van der Waals surface area contributed by atoms with Crippen LogP contribution in [0.5, 0.6) is 0 Å². The zero-order valence-corrected chi connectivity index (χ0v) is 7.03. The van der Waals surface area contributed by atoms with Crippen LogP contribution < -0.4 is 0 Å². The van der Waals surface area contributed by atoms with Gasteiger partial charge in [-0.2, -0.15) is 0 Å². The topological polar surface area (TPSA) is 4.93 Å². The highest BCUT2D eigenvalue weighted by atomic mass is 15.0. The van der Waals surface area contributed by atoms with Crippen molar-refractivity contribution in [2.75, 3.05) is 0 Å². The van der Waals surface area contributed by atoms with Crippen molar-refractivity contribution in [1.29, 1.82) is 0 Å². The first-order valence-electron chi connectivity index (χ1n) is 4.48. The van der Waals surface area contributed by atoms with Gasteiger partial charge >= 0.3 is 0 Å². The largest absolute Gasteiger partial charge is 0.351 e. The maximum atomic E-state index is 2.35. The molecule has 0 amide bonds. The van der Waals surface area contributed by atoms with Gasteiger partial charge < -0.3 is 4.57 Å². The van der Waals surface area contributed by atoms with Crippen LogP contribution in [0, 0.1) is 5.92 Å². The molecule has 11 heavy (non-hydrogen) atoms. The molecule has 1 fully saturated rings. The third-order valence-corrected chi connectivity index (χ3v) is 2.72. The fourth-order valence-electron chi connectivity index (χ4n) is 2.04. The van der Waals surface area contributed by atoms with E-state index in [0.29, 0.717) is 0 Å². The summed E-state index contributed by atoms with van der Waals surface area (Å²) in [5.74, 6) is 0.933. The first kappa shape index (κ1) is 6.96. The Kier molecular flexibility index (Phi) is 1.72. The van der Waals surface area contributed by atoms with Crippen molar-refractivity contribution >= 4 is 0 Å². The van der Waals surface area contributed by atoms with Crippen molar-refractivity contribution in [3.63, 3.8) is 0 Å². The lowest BCUT2D eigenvalue weighted by Crippen LogP contribution is -2.01. The Balaban J connectivity index is 2.08. The molecule has 1 aliphatic rings. The van der Waals surface area contributed by atoms with Crippen LogP contribution in [0.3, 0.4) is 0 Å². The van der Waals surface area contributed by atoms with E-state index in [2.05, 4.69) is 36.0 Å². The summed E-state index contributed by atoms with van der Waals surface area (Å²) in [6.45, 7) is 2.35. The minimum Gasteiger partial charge on any atom is -0.351 e. The summed E-state index contributed by atoms with van der Waals surface area (Å²) in [4.78, 5) is 0. The molecule has 0 N–H and O–H groups in total. The predicted octanol–water partition coefficient (Wildman–Crippen LogP) is 2.85. The van der Waals surface area contributed by atoms with Gasteiger partial charge in [-0.15, -0.1) is 0 Å². The maximum absolute atomic E-state index is 2.35. The second kappa shape index (κ2) is 2.72. The van der Waals surface area contributed by atoms with E-state index >= 15 is 0 Å². The number of rotatable bonds is 1. The number of nitrogens with zero attached hydrogens (tertiary/aromatic N) is 1. The van der Waals surface area contributed by atoms with Gasteiger partial charge in [0.05, 0.1) is 0 Å². The first-order valence-corrected chi connectivity index (χ1v) is 4.48. The van der Waals surface area contributed by atoms with Crippen LogP contribution in [-0.4, -0.2) is 4.57 Å². The highest BCUT2D eigenvalue weighted by molar-refractivity contribution is 4.94. The van der Waals surface area contributed by atoms with E-state index in [1.165, 1.54) is 19.3 Å². The SMILES string of the molecule is CC1CCC(n2cccc2)C1. The Labute approximate surface area is 68.0 Å². The molecule has 1 nitrogen and oxygen atoms in total. The van der Waals surface area contributed by atoms with Crippen molar-refractivity contribution in [3.05, 3.63) is 24.5 Å². The van der Waals surface area contributed by atoms with E-state index in [1.54, 1.807) is 0 Å². The van der Waals surface area contributed by atoms with Gasteiger partial charge in [-0.05, 0) is 37.3 Å². The lowest BCUT2D eigenvalue weighted by atomic mass is 10.1. The molecule has 1 aliphatic carbocycles. The van der Waals surface area contributed by atoms with Crippen LogP contribution in [0.2, 0.25) is 0 Å². The molecule has 1 aromatic heterocycles. The molecule has 1 saturated carbocycles. The summed E-state index contributed by atoms with van der Waals surface area (Å²) >= 11 is 0. The van der Waals surface area contributed by atoms with E-state index < -0.39 is 0 Å². The molecular formula is C10H15N. The van der Waals surface area contributed by atoms with E-state index in [9.17, 15) is 0 Å². The maximum Gasteiger partial charge on any atom is 0.0333 e. The van der Waals surface area contributed by atoms with Crippen molar-refractivity contribution < 1.29 is 0 Å². The summed E-state index contributed by atoms with van der Waals surface area (Å²) in [7, 11) is 0. The second-order valence-electron chi connectivity index (χ2n) is 3.70. The Morgan fingerprint density at radius 3 is 2.45 bits per heavy atom. The normalized spacial score (nSPS) is 31.0. The van der Waals surface area contributed by atoms with Crippen molar-refractivity contribution in [2.24, 2.45) is 5.92 Å². The molecule has 0 spiro atoms. The summed E-state index contributed by atoms with van der Waals surface area (Å²) in [6.07, 6.45) is 8.51. The highest BCUT2D eigenvalue weighted by Gasteiger charge is 2.21. The standard InChI is InChI=1S/C10H15N/c1-9-4-5-10(8-9)11-6-2-3-7-11/h2-3,6-7,9-10H,4-5,8H2,1H3. The Morgan fingerprint density at radius 2 is 1.91 bits per heavy atom. The quantitative estimate of drug-likeness (QED) is 0.578. The van der Waals surface area contributed by atoms with E-state index in [4.69, 9.17) is 0 Å². The van der Waals surface area contributed by atoms with Gasteiger partial charge in [-0.1, -0.05) is 6.92 Å². The van der Waals surface area contributed by atoms with Crippen molar-refractivity contribution in [2.45, 2.75) is 32.2 Å². The third kappa shape index (κ3) is 1.32. The molecule has 0 radical (unpaired) electrons. The third-order valence-electron chi connectivity index (χ3n) is 2.72. The summed E-state index contributed by atoms with van der Waals surface area (Å²) < 4.78 is 2.35. The van der Waals surface area contributed by atoms with Crippen LogP contribution in [-0.2, 0) is 0 Å². The molecule has 1 aromatic rings. The summed E-state index contributed by atoms with van der Waals surface area (Å²) in [6, 6.07) is 5.02. The summed E-state index contributed by atoms with van der Waals surface area (Å²) in [5, 5.41) is 0. The lowest BCUT2D eigenvalue weighted by Gasteiger charge is -2.10. The highest BCUT2D eigenvalue weighted by Crippen LogP contribution is 2.33. The monoisotopic (exact) mass is 149 g/mol. The lowest BCUT2D eigenvalue weighted by molar-refractivity contribution is 0.495. The van der Waals surface area contributed by atoms with Gasteiger partial charge in [0.15, 0.2) is 0 Å². The van der Waals surface area contributed by atoms with Gasteiger partial charge in [-0.3, -0.25) is 0 Å². The molecule has 0 saturated heterocycles. The van der Waals surface area contributed by atoms with E-state index in [-0.39, 0.29) is 0 Å². The molecule has 2 rings (SSSR count). The predicted molar refractivity (Wildman–Crippen MR) is 46.5 cm³/mol. The van der Waals surface area contributed by atoms with Gasteiger partial charge in [-0.25, -0.2) is 0 Å². The molecule has 0 bridgehead atoms. The second-order valence-corrected chi connectivity index (χ2v) is 3.70. The zero-order chi connectivity index (χ0) is 7.68. The van der Waals surface area contributed by atoms with Crippen molar-refractivity contribution in [3.8, 4) is 0 Å². The molecule has 2 unspecified atom stereocenters. The van der Waals surface area contributed by atoms with Gasteiger partial charge in [0.1, 0.15) is 0 Å². The van der Waals surface area contributed by atoms with Crippen LogP contribution in [0.15, 0.2) is 24.5 Å². The zero-order valence-electron chi connectivity index (χ0n) is 7.03. The minimum atomic E-state index is 0.792. The average molecular weight is 149 g/mol. The molecule has 1 heterocycles. The van der Waals surface area contributed by atoms with E-state index in [0.717, 1.165) is 12.0 Å². The Morgan fingerprint density at radius 1 is 1.18 bits per heavy atom. The fraction of sp³-hybridized carbons (Fsp3) is 0.600. The van der Waals surface area contributed by atoms with Gasteiger partial charge in [0.25, 0.3) is 0 Å². The van der Waals surface area contributed by atoms with E-state index in [1.807, 2.05) is 0 Å². The smallest absolute Gasteiger partial charge is 0.0333 e. The van der Waals surface area contributed by atoms with Gasteiger partial charge in [0, 0.05) is 18.4 Å². The molecule has 0 aliphatic heterocycles. The molecule has 1 heteroatoms. The number of aromatic nitrogens is 1. The Bertz CT molecular complexity index is 213. The first-order chi connectivity index (χ1) is 5.36. The molecule has 0 aromatic carbocycles. The van der Waals surface area contributed by atoms with Crippen LogP contribution in [0.4, 0.5) is 0 Å². The number of hydrogen-bond donors (Lipinski definition) is 0. The van der Waals surface area contributed by atoms with Crippen LogP contribution in [0.25, 0.3) is 0 Å². The number of hydrogen-bond acceptors (Lipinski definition) is 0. The molecule has 2 atom stereocenters. The fourth-order valence-corrected chi connectivity index (χ4v) is 2.04. The molecule has 60 valence electrons. The van der Waals surface area contributed by atoms with Gasteiger partial charge in [0.2, 0.25) is 0 Å². The Hall–Kier alpha value is -0.720. The minimum absolute atomic E-state index is 0.792. The summed E-state index contributed by atoms with van der Waals surface area (Å²) in [5.41, 5.74) is 0. The van der Waals surface area contributed by atoms with Crippen LogP contribution >= 0.6 is 0 Å². The molecular weight excluding hydrogens is 134 g/mol. The van der Waals surface area contributed by atoms with Crippen LogP contribution in [0.1, 0.15) is 32.2 Å².